The highest BCUT2D eigenvalue weighted by molar-refractivity contribution is 5.97. The number of carbonyl (C=O) groups is 1. The third-order valence-corrected chi connectivity index (χ3v) is 4.23. The second-order valence-corrected chi connectivity index (χ2v) is 6.06. The molecule has 1 aliphatic heterocycles. The van der Waals surface area contributed by atoms with Gasteiger partial charge in [0.05, 0.1) is 11.7 Å². The third kappa shape index (κ3) is 3.71. The maximum Gasteiger partial charge on any atom is 0.257 e. The van der Waals surface area contributed by atoms with Crippen molar-refractivity contribution >= 4 is 5.91 Å². The Hall–Kier alpha value is -2.33. The summed E-state index contributed by atoms with van der Waals surface area (Å²) in [6, 6.07) is 15.2. The van der Waals surface area contributed by atoms with Gasteiger partial charge in [-0.2, -0.15) is 0 Å². The van der Waals surface area contributed by atoms with Crippen LogP contribution in [0.2, 0.25) is 0 Å². The first-order chi connectivity index (χ1) is 11.1. The number of aromatic hydroxyl groups is 1. The summed E-state index contributed by atoms with van der Waals surface area (Å²) in [6.07, 6.45) is 1.76. The normalized spacial score (nSPS) is 18.0. The third-order valence-electron chi connectivity index (χ3n) is 4.23. The molecule has 0 aliphatic carbocycles. The fourth-order valence-electron chi connectivity index (χ4n) is 3.01. The number of phenols is 1. The van der Waals surface area contributed by atoms with Crippen LogP contribution in [0.1, 0.15) is 34.3 Å². The summed E-state index contributed by atoms with van der Waals surface area (Å²) in [5, 5.41) is 19.8. The van der Waals surface area contributed by atoms with Crippen molar-refractivity contribution in [2.75, 3.05) is 13.1 Å². The van der Waals surface area contributed by atoms with Gasteiger partial charge in [-0.3, -0.25) is 4.79 Å². The number of β-amino-alcohol motifs (C(OH)–C–C–N with tert-alkyl or cyclic N) is 1. The summed E-state index contributed by atoms with van der Waals surface area (Å²) in [5.41, 5.74) is 2.45. The van der Waals surface area contributed by atoms with Crippen LogP contribution in [0.15, 0.2) is 48.5 Å². The maximum atomic E-state index is 12.6. The number of rotatable bonds is 3. The van der Waals surface area contributed by atoms with E-state index in [9.17, 15) is 15.0 Å². The number of piperidine rings is 1. The van der Waals surface area contributed by atoms with E-state index >= 15 is 0 Å². The van der Waals surface area contributed by atoms with Crippen molar-refractivity contribution in [3.8, 4) is 5.75 Å². The number of hydrogen-bond donors (Lipinski definition) is 2. The Morgan fingerprint density at radius 3 is 2.65 bits per heavy atom. The topological polar surface area (TPSA) is 60.8 Å². The molecule has 2 aromatic rings. The van der Waals surface area contributed by atoms with Crippen molar-refractivity contribution in [3.05, 3.63) is 65.2 Å². The van der Waals surface area contributed by atoms with E-state index in [4.69, 9.17) is 0 Å². The number of hydrogen-bond acceptors (Lipinski definition) is 3. The molecule has 1 unspecified atom stereocenters. The second kappa shape index (κ2) is 6.84. The van der Waals surface area contributed by atoms with Gasteiger partial charge in [0.1, 0.15) is 5.75 Å². The summed E-state index contributed by atoms with van der Waals surface area (Å²) >= 11 is 0. The Bertz CT molecular complexity index is 684. The lowest BCUT2D eigenvalue weighted by atomic mass is 10.0. The molecule has 1 aliphatic rings. The Morgan fingerprint density at radius 1 is 1.13 bits per heavy atom. The molecule has 4 heteroatoms. The average Bonchev–Trinajstić information content (AvgIpc) is 2.57. The van der Waals surface area contributed by atoms with Crippen LogP contribution < -0.4 is 0 Å². The van der Waals surface area contributed by atoms with E-state index in [0.717, 1.165) is 24.0 Å². The predicted molar refractivity (Wildman–Crippen MR) is 88.5 cm³/mol. The van der Waals surface area contributed by atoms with Gasteiger partial charge in [-0.05, 0) is 42.5 Å². The van der Waals surface area contributed by atoms with Crippen molar-refractivity contribution in [1.29, 1.82) is 0 Å². The largest absolute Gasteiger partial charge is 0.507 e. The van der Waals surface area contributed by atoms with Crippen molar-refractivity contribution in [2.45, 2.75) is 25.4 Å². The van der Waals surface area contributed by atoms with Crippen molar-refractivity contribution in [2.24, 2.45) is 0 Å². The molecule has 1 fully saturated rings. The molecule has 2 N–H and O–H groups in total. The zero-order valence-corrected chi connectivity index (χ0v) is 13.0. The van der Waals surface area contributed by atoms with E-state index in [1.807, 2.05) is 36.4 Å². The molecule has 2 aromatic carbocycles. The molecule has 0 spiro atoms. The molecular formula is C19H21NO3. The van der Waals surface area contributed by atoms with E-state index in [1.165, 1.54) is 0 Å². The van der Waals surface area contributed by atoms with Gasteiger partial charge in [0.2, 0.25) is 0 Å². The molecule has 1 heterocycles. The highest BCUT2D eigenvalue weighted by Gasteiger charge is 2.25. The van der Waals surface area contributed by atoms with E-state index in [0.29, 0.717) is 25.1 Å². The first-order valence-corrected chi connectivity index (χ1v) is 7.96. The molecule has 4 nitrogen and oxygen atoms in total. The lowest BCUT2D eigenvalue weighted by Crippen LogP contribution is -2.42. The van der Waals surface area contributed by atoms with Crippen LogP contribution in [-0.4, -0.2) is 40.2 Å². The number of nitrogens with zero attached hydrogens (tertiary/aromatic N) is 1. The van der Waals surface area contributed by atoms with Gasteiger partial charge in [0.25, 0.3) is 5.91 Å². The van der Waals surface area contributed by atoms with Gasteiger partial charge >= 0.3 is 0 Å². The minimum absolute atomic E-state index is 0.00752. The fourth-order valence-corrected chi connectivity index (χ4v) is 3.01. The standard InChI is InChI=1S/C19H21NO3/c21-16-7-4-10-20(13-16)19(23)17-12-15(8-9-18(17)22)11-14-5-2-1-3-6-14/h1-3,5-6,8-9,12,16,21-22H,4,7,10-11,13H2. The Balaban J connectivity index is 1.81. The quantitative estimate of drug-likeness (QED) is 0.916. The molecule has 0 radical (unpaired) electrons. The number of amides is 1. The SMILES string of the molecule is O=C(c1cc(Cc2ccccc2)ccc1O)N1CCCC(O)C1. The summed E-state index contributed by atoms with van der Waals surface area (Å²) in [6.45, 7) is 0.958. The predicted octanol–water partition coefficient (Wildman–Crippen LogP) is 2.58. The number of phenolic OH excluding ortho intramolecular Hbond substituents is 1. The highest BCUT2D eigenvalue weighted by atomic mass is 16.3. The van der Waals surface area contributed by atoms with E-state index in [2.05, 4.69) is 0 Å². The monoisotopic (exact) mass is 311 g/mol. The van der Waals surface area contributed by atoms with Crippen LogP contribution in [0, 0.1) is 0 Å². The van der Waals surface area contributed by atoms with Crippen LogP contribution in [0.5, 0.6) is 5.75 Å². The number of likely N-dealkylation sites (tertiary alicyclic amines) is 1. The summed E-state index contributed by atoms with van der Waals surface area (Å²) in [7, 11) is 0. The Labute approximate surface area is 136 Å². The zero-order chi connectivity index (χ0) is 16.2. The van der Waals surface area contributed by atoms with Gasteiger partial charge in [-0.1, -0.05) is 36.4 Å². The smallest absolute Gasteiger partial charge is 0.257 e. The molecular weight excluding hydrogens is 290 g/mol. The van der Waals surface area contributed by atoms with Crippen LogP contribution in [0.4, 0.5) is 0 Å². The first-order valence-electron chi connectivity index (χ1n) is 7.96. The second-order valence-electron chi connectivity index (χ2n) is 6.06. The lowest BCUT2D eigenvalue weighted by Gasteiger charge is -2.30. The van der Waals surface area contributed by atoms with Gasteiger partial charge in [-0.15, -0.1) is 0 Å². The molecule has 23 heavy (non-hydrogen) atoms. The Kier molecular flexibility index (Phi) is 4.63. The minimum Gasteiger partial charge on any atom is -0.507 e. The van der Waals surface area contributed by atoms with Gasteiger partial charge in [0, 0.05) is 13.1 Å². The molecule has 1 atom stereocenters. The number of carbonyl (C=O) groups excluding carboxylic acids is 1. The minimum atomic E-state index is -0.470. The molecule has 1 amide bonds. The number of aliphatic hydroxyl groups is 1. The van der Waals surface area contributed by atoms with Crippen LogP contribution >= 0.6 is 0 Å². The number of benzene rings is 2. The zero-order valence-electron chi connectivity index (χ0n) is 13.0. The summed E-state index contributed by atoms with van der Waals surface area (Å²) < 4.78 is 0. The number of aliphatic hydroxyl groups excluding tert-OH is 1. The van der Waals surface area contributed by atoms with Gasteiger partial charge in [-0.25, -0.2) is 0 Å². The van der Waals surface area contributed by atoms with Crippen LogP contribution in [0.3, 0.4) is 0 Å². The molecule has 0 saturated carbocycles. The van der Waals surface area contributed by atoms with Crippen LogP contribution in [-0.2, 0) is 6.42 Å². The summed E-state index contributed by atoms with van der Waals surface area (Å²) in [5.74, 6) is -0.219. The molecule has 120 valence electrons. The van der Waals surface area contributed by atoms with Crippen molar-refractivity contribution < 1.29 is 15.0 Å². The van der Waals surface area contributed by atoms with Crippen molar-refractivity contribution in [1.82, 2.24) is 4.90 Å². The van der Waals surface area contributed by atoms with Crippen LogP contribution in [0.25, 0.3) is 0 Å². The fraction of sp³-hybridized carbons (Fsp3) is 0.316. The van der Waals surface area contributed by atoms with E-state index in [1.54, 1.807) is 17.0 Å². The molecule has 3 rings (SSSR count). The van der Waals surface area contributed by atoms with Gasteiger partial charge in [0.15, 0.2) is 0 Å². The Morgan fingerprint density at radius 2 is 1.91 bits per heavy atom. The molecule has 0 aromatic heterocycles. The van der Waals surface area contributed by atoms with E-state index < -0.39 is 6.10 Å². The van der Waals surface area contributed by atoms with Crippen molar-refractivity contribution in [3.63, 3.8) is 0 Å². The van der Waals surface area contributed by atoms with Gasteiger partial charge < -0.3 is 15.1 Å². The maximum absolute atomic E-state index is 12.6. The molecule has 0 bridgehead atoms. The van der Waals surface area contributed by atoms with E-state index in [-0.39, 0.29) is 11.7 Å². The summed E-state index contributed by atoms with van der Waals surface area (Å²) in [4.78, 5) is 14.2. The highest BCUT2D eigenvalue weighted by Crippen LogP contribution is 2.23. The lowest BCUT2D eigenvalue weighted by molar-refractivity contribution is 0.0471. The first kappa shape index (κ1) is 15.6. The average molecular weight is 311 g/mol. The molecule has 1 saturated heterocycles.